The zero-order valence-corrected chi connectivity index (χ0v) is 12.1. The zero-order valence-electron chi connectivity index (χ0n) is 10.5. The van der Waals surface area contributed by atoms with Crippen LogP contribution in [0, 0.1) is 22.7 Å². The van der Waals surface area contributed by atoms with Gasteiger partial charge in [-0.05, 0) is 12.2 Å². The molecule has 0 bridgehead atoms. The molecular formula is C12H8N2O4S2. The number of nitriles is 2. The van der Waals surface area contributed by atoms with Gasteiger partial charge in [-0.25, -0.2) is 9.59 Å². The first kappa shape index (κ1) is 15.9. The molecule has 0 spiro atoms. The average molecular weight is 308 g/mol. The molecule has 0 aromatic heterocycles. The first-order valence-corrected chi connectivity index (χ1v) is 6.69. The van der Waals surface area contributed by atoms with Crippen LogP contribution in [-0.2, 0) is 19.1 Å². The Bertz CT molecular complexity index is 574. The lowest BCUT2D eigenvalue weighted by Crippen LogP contribution is -2.08. The summed E-state index contributed by atoms with van der Waals surface area (Å²) in [5.74, 6) is -1.29. The van der Waals surface area contributed by atoms with Crippen LogP contribution in [0.4, 0.5) is 0 Å². The maximum absolute atomic E-state index is 11.6. The maximum Gasteiger partial charge on any atom is 0.346 e. The number of carbonyl (C=O) groups excluding carboxylic acids is 2. The minimum atomic E-state index is -0.643. The zero-order chi connectivity index (χ0) is 15.1. The maximum atomic E-state index is 11.6. The van der Waals surface area contributed by atoms with Crippen LogP contribution in [0.5, 0.6) is 0 Å². The van der Waals surface area contributed by atoms with Gasteiger partial charge < -0.3 is 9.47 Å². The van der Waals surface area contributed by atoms with E-state index in [2.05, 4.69) is 9.47 Å². The van der Waals surface area contributed by atoms with Crippen LogP contribution < -0.4 is 0 Å². The number of allylic oxidation sites excluding steroid dienone is 3. The summed E-state index contributed by atoms with van der Waals surface area (Å²) in [6, 6.07) is 3.41. The molecule has 6 nitrogen and oxygen atoms in total. The van der Waals surface area contributed by atoms with Gasteiger partial charge in [0, 0.05) is 0 Å². The van der Waals surface area contributed by atoms with Crippen molar-refractivity contribution in [1.82, 2.24) is 0 Å². The highest BCUT2D eigenvalue weighted by Crippen LogP contribution is 2.49. The van der Waals surface area contributed by atoms with E-state index in [1.54, 1.807) is 12.1 Å². The second-order valence-corrected chi connectivity index (χ2v) is 5.50. The SMILES string of the molecule is COC(=O)C1=C(C(=O)OC)SC(=CC=C(C#N)C#N)S1. The smallest absolute Gasteiger partial charge is 0.346 e. The van der Waals surface area contributed by atoms with Gasteiger partial charge in [-0.15, -0.1) is 0 Å². The summed E-state index contributed by atoms with van der Waals surface area (Å²) in [7, 11) is 2.42. The second-order valence-electron chi connectivity index (χ2n) is 3.14. The van der Waals surface area contributed by atoms with Gasteiger partial charge in [0.1, 0.15) is 27.5 Å². The van der Waals surface area contributed by atoms with Gasteiger partial charge in [-0.1, -0.05) is 23.5 Å². The standard InChI is InChI=1S/C12H8N2O4S2/c1-17-11(15)9-10(12(16)18-2)20-8(19-9)4-3-7(5-13)6-14/h3-4H,1-2H3. The molecule has 0 saturated heterocycles. The van der Waals surface area contributed by atoms with Gasteiger partial charge in [-0.3, -0.25) is 0 Å². The number of thioether (sulfide) groups is 2. The van der Waals surface area contributed by atoms with E-state index in [1.807, 2.05) is 0 Å². The number of hydrogen-bond donors (Lipinski definition) is 0. The van der Waals surface area contributed by atoms with Crippen molar-refractivity contribution in [2.24, 2.45) is 0 Å². The molecule has 102 valence electrons. The van der Waals surface area contributed by atoms with E-state index in [4.69, 9.17) is 10.5 Å². The van der Waals surface area contributed by atoms with Crippen LogP contribution in [0.3, 0.4) is 0 Å². The lowest BCUT2D eigenvalue weighted by atomic mass is 10.3. The van der Waals surface area contributed by atoms with E-state index in [0.29, 0.717) is 4.24 Å². The van der Waals surface area contributed by atoms with Gasteiger partial charge in [-0.2, -0.15) is 10.5 Å². The molecule has 0 radical (unpaired) electrons. The van der Waals surface area contributed by atoms with E-state index in [0.717, 1.165) is 23.5 Å². The Morgan fingerprint density at radius 3 is 1.85 bits per heavy atom. The molecule has 8 heteroatoms. The summed E-state index contributed by atoms with van der Waals surface area (Å²) in [6.45, 7) is 0. The van der Waals surface area contributed by atoms with Gasteiger partial charge >= 0.3 is 11.9 Å². The van der Waals surface area contributed by atoms with Crippen molar-refractivity contribution in [1.29, 1.82) is 10.5 Å². The van der Waals surface area contributed by atoms with Crippen molar-refractivity contribution in [2.75, 3.05) is 14.2 Å². The minimum absolute atomic E-state index is 0.0789. The molecule has 20 heavy (non-hydrogen) atoms. The predicted octanol–water partition coefficient (Wildman–Crippen LogP) is 1.84. The van der Waals surface area contributed by atoms with E-state index < -0.39 is 11.9 Å². The van der Waals surface area contributed by atoms with Crippen LogP contribution in [0.25, 0.3) is 0 Å². The van der Waals surface area contributed by atoms with Gasteiger partial charge in [0.15, 0.2) is 0 Å². The molecule has 0 aromatic rings. The van der Waals surface area contributed by atoms with Crippen LogP contribution >= 0.6 is 23.5 Å². The molecule has 0 aliphatic carbocycles. The van der Waals surface area contributed by atoms with E-state index in [9.17, 15) is 9.59 Å². The van der Waals surface area contributed by atoms with Gasteiger partial charge in [0.2, 0.25) is 0 Å². The van der Waals surface area contributed by atoms with E-state index in [1.165, 1.54) is 26.4 Å². The van der Waals surface area contributed by atoms with Crippen LogP contribution in [0.2, 0.25) is 0 Å². The molecule has 0 aromatic carbocycles. The number of rotatable bonds is 3. The highest BCUT2D eigenvalue weighted by atomic mass is 32.2. The Balaban J connectivity index is 3.05. The van der Waals surface area contributed by atoms with Crippen molar-refractivity contribution < 1.29 is 19.1 Å². The van der Waals surface area contributed by atoms with Gasteiger partial charge in [0.05, 0.1) is 18.5 Å². The molecule has 0 amide bonds. The molecule has 0 N–H and O–H groups in total. The summed E-state index contributed by atoms with van der Waals surface area (Å²) in [5, 5.41) is 17.2. The highest BCUT2D eigenvalue weighted by molar-refractivity contribution is 8.29. The van der Waals surface area contributed by atoms with Gasteiger partial charge in [0.25, 0.3) is 0 Å². The summed E-state index contributed by atoms with van der Waals surface area (Å²) in [5.41, 5.74) is -0.0789. The molecule has 0 atom stereocenters. The van der Waals surface area contributed by atoms with Crippen LogP contribution in [0.15, 0.2) is 31.8 Å². The Morgan fingerprint density at radius 2 is 1.50 bits per heavy atom. The number of esters is 2. The lowest BCUT2D eigenvalue weighted by Gasteiger charge is -2.00. The third kappa shape index (κ3) is 3.67. The van der Waals surface area contributed by atoms with Crippen molar-refractivity contribution >= 4 is 35.5 Å². The fraction of sp³-hybridized carbons (Fsp3) is 0.167. The lowest BCUT2D eigenvalue weighted by molar-refractivity contribution is -0.138. The topological polar surface area (TPSA) is 100 Å². The van der Waals surface area contributed by atoms with Crippen LogP contribution in [-0.4, -0.2) is 26.2 Å². The number of carbonyl (C=O) groups is 2. The fourth-order valence-corrected chi connectivity index (χ4v) is 3.36. The molecule has 0 saturated carbocycles. The quantitative estimate of drug-likeness (QED) is 0.575. The number of ether oxygens (including phenoxy) is 2. The molecule has 1 aliphatic rings. The Labute approximate surface area is 123 Å². The minimum Gasteiger partial charge on any atom is -0.465 e. The van der Waals surface area contributed by atoms with Crippen molar-refractivity contribution in [3.05, 3.63) is 31.8 Å². The number of nitrogens with zero attached hydrogens (tertiary/aromatic N) is 2. The van der Waals surface area contributed by atoms with Crippen molar-refractivity contribution in [3.63, 3.8) is 0 Å². The molecule has 0 unspecified atom stereocenters. The van der Waals surface area contributed by atoms with Crippen LogP contribution in [0.1, 0.15) is 0 Å². The number of hydrogen-bond acceptors (Lipinski definition) is 8. The Hall–Kier alpha value is -2.16. The third-order valence-electron chi connectivity index (χ3n) is 1.98. The molecule has 1 rings (SSSR count). The highest BCUT2D eigenvalue weighted by Gasteiger charge is 2.31. The van der Waals surface area contributed by atoms with E-state index in [-0.39, 0.29) is 15.4 Å². The van der Waals surface area contributed by atoms with Crippen molar-refractivity contribution in [2.45, 2.75) is 0 Å². The van der Waals surface area contributed by atoms with E-state index >= 15 is 0 Å². The molecule has 0 fully saturated rings. The Kier molecular flexibility index (Phi) is 5.91. The molecule has 1 heterocycles. The largest absolute Gasteiger partial charge is 0.465 e. The summed E-state index contributed by atoms with van der Waals surface area (Å²) in [6.07, 6.45) is 2.79. The summed E-state index contributed by atoms with van der Waals surface area (Å²) >= 11 is 2.05. The Morgan fingerprint density at radius 1 is 1.05 bits per heavy atom. The molecule has 1 aliphatic heterocycles. The summed E-state index contributed by atoms with van der Waals surface area (Å²) < 4.78 is 9.74. The fourth-order valence-electron chi connectivity index (χ4n) is 1.09. The average Bonchev–Trinajstić information content (AvgIpc) is 2.90. The normalized spacial score (nSPS) is 13.1. The first-order valence-electron chi connectivity index (χ1n) is 5.06. The first-order chi connectivity index (χ1) is 9.57. The predicted molar refractivity (Wildman–Crippen MR) is 73.6 cm³/mol. The monoisotopic (exact) mass is 308 g/mol. The number of methoxy groups -OCH3 is 2. The van der Waals surface area contributed by atoms with Crippen molar-refractivity contribution in [3.8, 4) is 12.1 Å². The summed E-state index contributed by atoms with van der Waals surface area (Å²) in [4.78, 5) is 23.4. The molecular weight excluding hydrogens is 300 g/mol. The second kappa shape index (κ2) is 7.43. The third-order valence-corrected chi connectivity index (χ3v) is 4.43.